The molecule has 1 fully saturated rings. The number of nitrogens with zero attached hydrogens (tertiary/aromatic N) is 2. The quantitative estimate of drug-likeness (QED) is 0.185. The lowest BCUT2D eigenvalue weighted by Gasteiger charge is -2.27. The Morgan fingerprint density at radius 2 is 1.80 bits per heavy atom. The van der Waals surface area contributed by atoms with Gasteiger partial charge in [-0.3, -0.25) is 0 Å². The molecule has 2 aliphatic rings. The molecule has 230 valence electrons. The van der Waals surface area contributed by atoms with Crippen molar-refractivity contribution in [2.24, 2.45) is 0 Å². The third-order valence-corrected chi connectivity index (χ3v) is 8.36. The van der Waals surface area contributed by atoms with E-state index in [1.807, 2.05) is 0 Å². The molecule has 0 spiro atoms. The Morgan fingerprint density at radius 3 is 2.47 bits per heavy atom. The number of aromatic nitrogens is 2. The fraction of sp³-hybridized carbons (Fsp3) is 0.212. The minimum Gasteiger partial charge on any atom is -0.478 e. The van der Waals surface area contributed by atoms with E-state index in [0.29, 0.717) is 18.6 Å². The van der Waals surface area contributed by atoms with Crippen LogP contribution in [0.3, 0.4) is 0 Å². The van der Waals surface area contributed by atoms with Crippen LogP contribution in [0.5, 0.6) is 11.5 Å². The van der Waals surface area contributed by atoms with E-state index in [1.165, 1.54) is 29.7 Å². The summed E-state index contributed by atoms with van der Waals surface area (Å²) in [5.41, 5.74) is -0.235. The maximum absolute atomic E-state index is 15.7. The van der Waals surface area contributed by atoms with Gasteiger partial charge in [0.2, 0.25) is 0 Å². The topological polar surface area (TPSA) is 82.8 Å². The number of para-hydroxylation sites is 1. The molecule has 1 aromatic heterocycles. The monoisotopic (exact) mass is 638 g/mol. The Kier molecular flexibility index (Phi) is 6.97. The van der Waals surface area contributed by atoms with Crippen molar-refractivity contribution in [2.45, 2.75) is 38.2 Å². The number of aromatic carboxylic acids is 1. The summed E-state index contributed by atoms with van der Waals surface area (Å²) in [4.78, 5) is 16.0. The predicted octanol–water partition coefficient (Wildman–Crippen LogP) is 7.64. The fourth-order valence-corrected chi connectivity index (χ4v) is 5.92. The SMILES string of the molecule is CC1(c2ccc(Cl)cc2F)Oc2cccc(-c3cc(F)c(Cc4nc5ccc(C(=O)O)c(F)c5n4C[C@@H]4CCO4)c(F)c3)c2O1. The van der Waals surface area contributed by atoms with Crippen LogP contribution in [0.25, 0.3) is 22.2 Å². The highest BCUT2D eigenvalue weighted by Gasteiger charge is 2.42. The van der Waals surface area contributed by atoms with Crippen LogP contribution < -0.4 is 9.47 Å². The van der Waals surface area contributed by atoms with Crippen molar-refractivity contribution in [3.63, 3.8) is 0 Å². The third-order valence-electron chi connectivity index (χ3n) is 8.12. The highest BCUT2D eigenvalue weighted by molar-refractivity contribution is 6.30. The van der Waals surface area contributed by atoms with Gasteiger partial charge in [0.1, 0.15) is 28.8 Å². The Labute approximate surface area is 258 Å². The third kappa shape index (κ3) is 4.96. The molecule has 0 amide bonds. The van der Waals surface area contributed by atoms with E-state index in [9.17, 15) is 14.3 Å². The lowest BCUT2D eigenvalue weighted by molar-refractivity contribution is -0.0705. The average molecular weight is 639 g/mol. The first-order chi connectivity index (χ1) is 21.5. The van der Waals surface area contributed by atoms with Crippen LogP contribution >= 0.6 is 11.6 Å². The number of carboxylic acids is 1. The van der Waals surface area contributed by atoms with Crippen molar-refractivity contribution in [3.05, 3.63) is 111 Å². The van der Waals surface area contributed by atoms with Crippen molar-refractivity contribution in [1.29, 1.82) is 0 Å². The molecule has 0 saturated carbocycles. The van der Waals surface area contributed by atoms with Gasteiger partial charge in [-0.05, 0) is 60.5 Å². The van der Waals surface area contributed by atoms with Gasteiger partial charge >= 0.3 is 5.97 Å². The first-order valence-electron chi connectivity index (χ1n) is 14.0. The molecular formula is C33H23ClF4N2O5. The van der Waals surface area contributed by atoms with E-state index in [1.54, 1.807) is 18.2 Å². The van der Waals surface area contributed by atoms with Crippen molar-refractivity contribution in [1.82, 2.24) is 9.55 Å². The van der Waals surface area contributed by atoms with Crippen LogP contribution in [0.1, 0.15) is 40.7 Å². The summed E-state index contributed by atoms with van der Waals surface area (Å²) in [5.74, 6) is -5.85. The highest BCUT2D eigenvalue weighted by Crippen LogP contribution is 2.50. The lowest BCUT2D eigenvalue weighted by Crippen LogP contribution is -2.32. The van der Waals surface area contributed by atoms with Crippen LogP contribution in [0, 0.1) is 23.3 Å². The summed E-state index contributed by atoms with van der Waals surface area (Å²) in [6, 6.07) is 13.6. The molecular weight excluding hydrogens is 616 g/mol. The van der Waals surface area contributed by atoms with Gasteiger partial charge in [0.25, 0.3) is 5.79 Å². The molecule has 1 unspecified atom stereocenters. The van der Waals surface area contributed by atoms with E-state index < -0.39 is 40.6 Å². The fourth-order valence-electron chi connectivity index (χ4n) is 5.77. The standard InChI is InChI=1S/C33H23ClF4N2O5/c1-33(22-7-5-17(34)13-25(22)37)44-27-4-2-3-19(31(27)45-33)16-11-23(35)21(24(36)12-16)14-28-39-26-8-6-20(32(41)42)29(38)30(26)40(28)15-18-9-10-43-18/h2-8,11-13,18H,9-10,14-15H2,1H3,(H,41,42)/t18-,33?/m0/s1. The second-order valence-corrected chi connectivity index (χ2v) is 11.5. The summed E-state index contributed by atoms with van der Waals surface area (Å²) in [5, 5.41) is 9.62. The van der Waals surface area contributed by atoms with Crippen molar-refractivity contribution in [2.75, 3.05) is 6.61 Å². The number of halogens is 5. The minimum absolute atomic E-state index is 0.0741. The summed E-state index contributed by atoms with van der Waals surface area (Å²) >= 11 is 5.90. The zero-order valence-electron chi connectivity index (χ0n) is 23.5. The Morgan fingerprint density at radius 1 is 1.04 bits per heavy atom. The molecule has 0 bridgehead atoms. The number of hydrogen-bond donors (Lipinski definition) is 1. The lowest BCUT2D eigenvalue weighted by atomic mass is 10.00. The smallest absolute Gasteiger partial charge is 0.338 e. The number of imidazole rings is 1. The summed E-state index contributed by atoms with van der Waals surface area (Å²) in [6.07, 6.45) is 0.0652. The first-order valence-corrected chi connectivity index (χ1v) is 14.4. The van der Waals surface area contributed by atoms with Gasteiger partial charge in [-0.1, -0.05) is 23.7 Å². The van der Waals surface area contributed by atoms with Gasteiger partial charge < -0.3 is 23.9 Å². The van der Waals surface area contributed by atoms with E-state index in [4.69, 9.17) is 25.8 Å². The maximum Gasteiger partial charge on any atom is 0.338 e. The van der Waals surface area contributed by atoms with Crippen LogP contribution in [0.15, 0.2) is 60.7 Å². The molecule has 0 radical (unpaired) electrons. The number of carbonyl (C=O) groups is 1. The van der Waals surface area contributed by atoms with Crippen LogP contribution in [-0.2, 0) is 23.5 Å². The molecule has 5 aromatic rings. The Bertz CT molecular complexity index is 2010. The zero-order chi connectivity index (χ0) is 31.6. The molecule has 2 atom stereocenters. The van der Waals surface area contributed by atoms with Crippen molar-refractivity contribution in [3.8, 4) is 22.6 Å². The summed E-state index contributed by atoms with van der Waals surface area (Å²) in [6.45, 7) is 2.18. The molecule has 7 nitrogen and oxygen atoms in total. The molecule has 2 aliphatic heterocycles. The Hall–Kier alpha value is -4.61. The summed E-state index contributed by atoms with van der Waals surface area (Å²) < 4.78 is 80.6. The van der Waals surface area contributed by atoms with E-state index >= 15 is 13.2 Å². The van der Waals surface area contributed by atoms with Crippen LogP contribution in [-0.4, -0.2) is 33.3 Å². The molecule has 12 heteroatoms. The number of carboxylic acid groups (broad SMARTS) is 1. The van der Waals surface area contributed by atoms with Gasteiger partial charge in [0.15, 0.2) is 17.3 Å². The van der Waals surface area contributed by atoms with Gasteiger partial charge in [-0.15, -0.1) is 0 Å². The molecule has 7 rings (SSSR count). The molecule has 1 N–H and O–H groups in total. The van der Waals surface area contributed by atoms with E-state index in [-0.39, 0.29) is 69.1 Å². The van der Waals surface area contributed by atoms with E-state index in [0.717, 1.165) is 24.3 Å². The minimum atomic E-state index is -1.57. The van der Waals surface area contributed by atoms with Crippen molar-refractivity contribution < 1.29 is 41.7 Å². The second-order valence-electron chi connectivity index (χ2n) is 11.0. The van der Waals surface area contributed by atoms with Gasteiger partial charge in [0.05, 0.1) is 29.3 Å². The molecule has 1 saturated heterocycles. The van der Waals surface area contributed by atoms with Gasteiger partial charge in [-0.2, -0.15) is 0 Å². The molecule has 4 aromatic carbocycles. The molecule has 0 aliphatic carbocycles. The van der Waals surface area contributed by atoms with Crippen molar-refractivity contribution >= 4 is 28.6 Å². The van der Waals surface area contributed by atoms with Gasteiger partial charge in [0, 0.05) is 36.1 Å². The predicted molar refractivity (Wildman–Crippen MR) is 156 cm³/mol. The number of hydrogen-bond acceptors (Lipinski definition) is 5. The maximum atomic E-state index is 15.7. The number of fused-ring (bicyclic) bond motifs is 2. The summed E-state index contributed by atoms with van der Waals surface area (Å²) in [7, 11) is 0. The zero-order valence-corrected chi connectivity index (χ0v) is 24.3. The Balaban J connectivity index is 1.25. The molecule has 3 heterocycles. The van der Waals surface area contributed by atoms with Crippen LogP contribution in [0.2, 0.25) is 5.02 Å². The number of ether oxygens (including phenoxy) is 3. The normalized spacial score (nSPS) is 18.8. The highest BCUT2D eigenvalue weighted by atomic mass is 35.5. The average Bonchev–Trinajstić information content (AvgIpc) is 3.49. The number of rotatable bonds is 7. The second kappa shape index (κ2) is 10.8. The van der Waals surface area contributed by atoms with Gasteiger partial charge in [-0.25, -0.2) is 27.3 Å². The number of benzene rings is 4. The van der Waals surface area contributed by atoms with Crippen LogP contribution in [0.4, 0.5) is 17.6 Å². The first kappa shape index (κ1) is 29.1. The largest absolute Gasteiger partial charge is 0.478 e. The molecule has 45 heavy (non-hydrogen) atoms. The van der Waals surface area contributed by atoms with E-state index in [2.05, 4.69) is 4.98 Å².